The molecule has 0 atom stereocenters. The van der Waals surface area contributed by atoms with Gasteiger partial charge in [-0.15, -0.1) is 0 Å². The van der Waals surface area contributed by atoms with Gasteiger partial charge in [-0.2, -0.15) is 0 Å². The zero-order chi connectivity index (χ0) is 10.1. The Balaban J connectivity index is 2.49. The summed E-state index contributed by atoms with van der Waals surface area (Å²) in [5, 5.41) is 0. The van der Waals surface area contributed by atoms with Gasteiger partial charge in [-0.1, -0.05) is 17.7 Å². The smallest absolute Gasteiger partial charge is 0.0452 e. The van der Waals surface area contributed by atoms with Crippen LogP contribution in [0.3, 0.4) is 0 Å². The fourth-order valence-electron chi connectivity index (χ4n) is 1.73. The van der Waals surface area contributed by atoms with Crippen molar-refractivity contribution in [3.05, 3.63) is 53.3 Å². The van der Waals surface area contributed by atoms with E-state index in [2.05, 4.69) is 61.9 Å². The fraction of sp³-hybridized carbons (Fsp3) is 0.231. The van der Waals surface area contributed by atoms with E-state index in [0.717, 1.165) is 0 Å². The molecule has 0 aliphatic carbocycles. The van der Waals surface area contributed by atoms with E-state index in [1.807, 2.05) is 0 Å². The third kappa shape index (κ3) is 1.58. The van der Waals surface area contributed by atoms with Gasteiger partial charge in [0.15, 0.2) is 0 Å². The van der Waals surface area contributed by atoms with Crippen LogP contribution in [-0.2, 0) is 0 Å². The van der Waals surface area contributed by atoms with E-state index in [4.69, 9.17) is 0 Å². The van der Waals surface area contributed by atoms with Crippen LogP contribution in [0.5, 0.6) is 0 Å². The maximum absolute atomic E-state index is 2.22. The number of nitrogens with zero attached hydrogens (tertiary/aromatic N) is 1. The van der Waals surface area contributed by atoms with E-state index >= 15 is 0 Å². The Morgan fingerprint density at radius 1 is 0.857 bits per heavy atom. The summed E-state index contributed by atoms with van der Waals surface area (Å²) in [6.45, 7) is 6.36. The van der Waals surface area contributed by atoms with Crippen LogP contribution in [0.15, 0.2) is 36.5 Å². The van der Waals surface area contributed by atoms with Crippen LogP contribution in [0.1, 0.15) is 16.8 Å². The van der Waals surface area contributed by atoms with Gasteiger partial charge in [0.05, 0.1) is 0 Å². The molecule has 0 spiro atoms. The lowest BCUT2D eigenvalue weighted by atomic mass is 10.2. The zero-order valence-corrected chi connectivity index (χ0v) is 8.91. The van der Waals surface area contributed by atoms with Gasteiger partial charge in [0.2, 0.25) is 0 Å². The summed E-state index contributed by atoms with van der Waals surface area (Å²) in [5.74, 6) is 0. The van der Waals surface area contributed by atoms with Crippen molar-refractivity contribution in [1.82, 2.24) is 4.57 Å². The van der Waals surface area contributed by atoms with E-state index in [0.29, 0.717) is 0 Å². The molecule has 0 amide bonds. The van der Waals surface area contributed by atoms with Crippen molar-refractivity contribution < 1.29 is 0 Å². The maximum atomic E-state index is 2.22. The van der Waals surface area contributed by atoms with E-state index in [1.165, 1.54) is 22.5 Å². The van der Waals surface area contributed by atoms with Crippen LogP contribution in [0, 0.1) is 20.8 Å². The van der Waals surface area contributed by atoms with Crippen LogP contribution in [0.25, 0.3) is 5.69 Å². The molecule has 0 aliphatic heterocycles. The number of hydrogen-bond donors (Lipinski definition) is 0. The molecule has 0 aliphatic rings. The minimum absolute atomic E-state index is 1.24. The molecule has 0 fully saturated rings. The lowest BCUT2D eigenvalue weighted by Gasteiger charge is -2.05. The van der Waals surface area contributed by atoms with Gasteiger partial charge in [-0.25, -0.2) is 0 Å². The van der Waals surface area contributed by atoms with Gasteiger partial charge in [-0.05, 0) is 44.5 Å². The molecule has 0 unspecified atom stereocenters. The van der Waals surface area contributed by atoms with Gasteiger partial charge < -0.3 is 4.57 Å². The third-order valence-corrected chi connectivity index (χ3v) is 2.46. The largest absolute Gasteiger partial charge is 0.321 e. The lowest BCUT2D eigenvalue weighted by molar-refractivity contribution is 1.01. The molecule has 2 aromatic rings. The minimum Gasteiger partial charge on any atom is -0.321 e. The predicted molar refractivity (Wildman–Crippen MR) is 60.0 cm³/mol. The van der Waals surface area contributed by atoms with Crippen molar-refractivity contribution in [2.45, 2.75) is 20.8 Å². The molecule has 1 nitrogen and oxygen atoms in total. The van der Waals surface area contributed by atoms with Gasteiger partial charge in [0, 0.05) is 17.6 Å². The molecule has 0 radical (unpaired) electrons. The fourth-order valence-corrected chi connectivity index (χ4v) is 1.73. The minimum atomic E-state index is 1.24. The Morgan fingerprint density at radius 2 is 1.50 bits per heavy atom. The van der Waals surface area contributed by atoms with Gasteiger partial charge in [-0.3, -0.25) is 0 Å². The molecule has 1 heteroatoms. The highest BCUT2D eigenvalue weighted by atomic mass is 15.0. The molecule has 0 saturated heterocycles. The SMILES string of the molecule is Cc1ccc(-n2cc(C)cc2C)cc1. The number of benzene rings is 1. The maximum Gasteiger partial charge on any atom is 0.0452 e. The van der Waals surface area contributed by atoms with Gasteiger partial charge in [0.25, 0.3) is 0 Å². The molecule has 72 valence electrons. The van der Waals surface area contributed by atoms with Gasteiger partial charge >= 0.3 is 0 Å². The number of rotatable bonds is 1. The van der Waals surface area contributed by atoms with Crippen molar-refractivity contribution in [2.75, 3.05) is 0 Å². The topological polar surface area (TPSA) is 4.93 Å². The Labute approximate surface area is 85.0 Å². The van der Waals surface area contributed by atoms with E-state index in [-0.39, 0.29) is 0 Å². The summed E-state index contributed by atoms with van der Waals surface area (Å²) >= 11 is 0. The van der Waals surface area contributed by atoms with Crippen molar-refractivity contribution in [3.8, 4) is 5.69 Å². The predicted octanol–water partition coefficient (Wildman–Crippen LogP) is 3.40. The molecule has 2 rings (SSSR count). The Bertz CT molecular complexity index is 435. The summed E-state index contributed by atoms with van der Waals surface area (Å²) in [4.78, 5) is 0. The summed E-state index contributed by atoms with van der Waals surface area (Å²) < 4.78 is 2.22. The van der Waals surface area contributed by atoms with Crippen molar-refractivity contribution in [1.29, 1.82) is 0 Å². The summed E-state index contributed by atoms with van der Waals surface area (Å²) in [7, 11) is 0. The zero-order valence-electron chi connectivity index (χ0n) is 8.91. The van der Waals surface area contributed by atoms with Crippen LogP contribution < -0.4 is 0 Å². The molecule has 0 bridgehead atoms. The first kappa shape index (κ1) is 9.07. The molecule has 1 aromatic heterocycles. The van der Waals surface area contributed by atoms with E-state index in [1.54, 1.807) is 0 Å². The highest BCUT2D eigenvalue weighted by Gasteiger charge is 2.00. The molecular weight excluding hydrogens is 170 g/mol. The second-order valence-electron chi connectivity index (χ2n) is 3.86. The normalized spacial score (nSPS) is 10.5. The van der Waals surface area contributed by atoms with Crippen molar-refractivity contribution in [2.24, 2.45) is 0 Å². The highest BCUT2D eigenvalue weighted by molar-refractivity contribution is 5.38. The molecular formula is C13H15N. The summed E-state index contributed by atoms with van der Waals surface area (Å²) in [5.41, 5.74) is 5.13. The monoisotopic (exact) mass is 185 g/mol. The van der Waals surface area contributed by atoms with Crippen molar-refractivity contribution in [3.63, 3.8) is 0 Å². The second kappa shape index (κ2) is 3.33. The first-order valence-corrected chi connectivity index (χ1v) is 4.89. The first-order valence-electron chi connectivity index (χ1n) is 4.89. The summed E-state index contributed by atoms with van der Waals surface area (Å²) in [6, 6.07) is 10.8. The highest BCUT2D eigenvalue weighted by Crippen LogP contribution is 2.15. The van der Waals surface area contributed by atoms with Gasteiger partial charge in [0.1, 0.15) is 0 Å². The molecule has 0 N–H and O–H groups in total. The molecule has 1 heterocycles. The van der Waals surface area contributed by atoms with Crippen molar-refractivity contribution >= 4 is 0 Å². The third-order valence-electron chi connectivity index (χ3n) is 2.46. The average Bonchev–Trinajstić information content (AvgIpc) is 2.47. The van der Waals surface area contributed by atoms with Crippen LogP contribution in [-0.4, -0.2) is 4.57 Å². The Kier molecular flexibility index (Phi) is 2.16. The Hall–Kier alpha value is -1.50. The number of aryl methyl sites for hydroxylation is 3. The standard InChI is InChI=1S/C13H15N/c1-10-4-6-13(7-5-10)14-9-11(2)8-12(14)3/h4-9H,1-3H3. The van der Waals surface area contributed by atoms with Crippen LogP contribution in [0.2, 0.25) is 0 Å². The quantitative estimate of drug-likeness (QED) is 0.641. The number of aromatic nitrogens is 1. The second-order valence-corrected chi connectivity index (χ2v) is 3.86. The average molecular weight is 185 g/mol. The Morgan fingerprint density at radius 3 is 2.00 bits per heavy atom. The molecule has 0 saturated carbocycles. The summed E-state index contributed by atoms with van der Waals surface area (Å²) in [6.07, 6.45) is 2.17. The molecule has 14 heavy (non-hydrogen) atoms. The van der Waals surface area contributed by atoms with E-state index < -0.39 is 0 Å². The lowest BCUT2D eigenvalue weighted by Crippen LogP contribution is -1.93. The van der Waals surface area contributed by atoms with Crippen LogP contribution in [0.4, 0.5) is 0 Å². The van der Waals surface area contributed by atoms with Crippen LogP contribution >= 0.6 is 0 Å². The van der Waals surface area contributed by atoms with E-state index in [9.17, 15) is 0 Å². The number of hydrogen-bond acceptors (Lipinski definition) is 0. The first-order chi connectivity index (χ1) is 6.66. The molecule has 1 aromatic carbocycles.